The van der Waals surface area contributed by atoms with Crippen LogP contribution in [0.5, 0.6) is 0 Å². The van der Waals surface area contributed by atoms with E-state index in [-0.39, 0.29) is 11.5 Å². The Kier molecular flexibility index (Phi) is 4.60. The van der Waals surface area contributed by atoms with Crippen molar-refractivity contribution in [3.05, 3.63) is 34.1 Å². The molecule has 1 atom stereocenters. The van der Waals surface area contributed by atoms with E-state index in [1.807, 2.05) is 4.90 Å². The largest absolute Gasteiger partial charge is 0.337 e. The third-order valence-electron chi connectivity index (χ3n) is 4.50. The lowest BCUT2D eigenvalue weighted by molar-refractivity contribution is 0.0603. The number of rotatable bonds is 2. The van der Waals surface area contributed by atoms with Crippen LogP contribution in [0.3, 0.4) is 0 Å². The van der Waals surface area contributed by atoms with E-state index in [1.54, 1.807) is 12.1 Å². The van der Waals surface area contributed by atoms with Gasteiger partial charge in [0, 0.05) is 23.6 Å². The van der Waals surface area contributed by atoms with E-state index < -0.39 is 5.82 Å². The zero-order valence-electron chi connectivity index (χ0n) is 12.0. The van der Waals surface area contributed by atoms with E-state index in [1.165, 1.54) is 18.9 Å². The predicted octanol–water partition coefficient (Wildman–Crippen LogP) is 3.29. The first kappa shape index (κ1) is 15.0. The van der Waals surface area contributed by atoms with Gasteiger partial charge in [0.15, 0.2) is 0 Å². The maximum atomic E-state index is 13.9. The van der Waals surface area contributed by atoms with Crippen LogP contribution in [-0.4, -0.2) is 47.9 Å². The smallest absolute Gasteiger partial charge is 0.256 e. The van der Waals surface area contributed by atoms with Crippen LogP contribution < -0.4 is 0 Å². The molecule has 0 N–H and O–H groups in total. The van der Waals surface area contributed by atoms with Crippen molar-refractivity contribution in [3.63, 3.8) is 0 Å². The average Bonchev–Trinajstić information content (AvgIpc) is 3.03. The van der Waals surface area contributed by atoms with Crippen LogP contribution in [0.2, 0.25) is 0 Å². The maximum absolute atomic E-state index is 13.9. The summed E-state index contributed by atoms with van der Waals surface area (Å²) in [6, 6.07) is 4.99. The van der Waals surface area contributed by atoms with Gasteiger partial charge in [0.25, 0.3) is 5.91 Å². The number of hydrogen-bond acceptors (Lipinski definition) is 2. The quantitative estimate of drug-likeness (QED) is 0.813. The predicted molar refractivity (Wildman–Crippen MR) is 83.8 cm³/mol. The number of carbonyl (C=O) groups excluding carboxylic acids is 1. The molecule has 0 saturated carbocycles. The Balaban J connectivity index is 1.73. The van der Waals surface area contributed by atoms with Gasteiger partial charge in [0.2, 0.25) is 0 Å². The van der Waals surface area contributed by atoms with Crippen LogP contribution in [0.15, 0.2) is 22.7 Å². The standard InChI is InChI=1S/C16H20BrFN2O/c17-12-5-6-15(18)14(10-12)16(21)20-9-3-4-13(11-20)19-7-1-2-8-19/h5-6,10,13H,1-4,7-9,11H2. The number of likely N-dealkylation sites (tertiary alicyclic amines) is 2. The molecule has 2 aliphatic heterocycles. The lowest BCUT2D eigenvalue weighted by Gasteiger charge is -2.37. The highest BCUT2D eigenvalue weighted by atomic mass is 79.9. The Morgan fingerprint density at radius 2 is 1.95 bits per heavy atom. The molecule has 0 radical (unpaired) electrons. The summed E-state index contributed by atoms with van der Waals surface area (Å²) < 4.78 is 14.6. The Labute approximate surface area is 133 Å². The summed E-state index contributed by atoms with van der Waals surface area (Å²) in [4.78, 5) is 16.9. The van der Waals surface area contributed by atoms with Gasteiger partial charge in [-0.05, 0) is 57.0 Å². The molecule has 0 aromatic heterocycles. The molecular weight excluding hydrogens is 335 g/mol. The number of halogens is 2. The molecule has 21 heavy (non-hydrogen) atoms. The fourth-order valence-electron chi connectivity index (χ4n) is 3.38. The second-order valence-electron chi connectivity index (χ2n) is 5.91. The highest BCUT2D eigenvalue weighted by Crippen LogP contribution is 2.23. The van der Waals surface area contributed by atoms with Gasteiger partial charge in [0.05, 0.1) is 5.56 Å². The number of carbonyl (C=O) groups is 1. The highest BCUT2D eigenvalue weighted by molar-refractivity contribution is 9.10. The minimum absolute atomic E-state index is 0.173. The second kappa shape index (κ2) is 6.44. The fourth-order valence-corrected chi connectivity index (χ4v) is 3.74. The van der Waals surface area contributed by atoms with E-state index in [2.05, 4.69) is 20.8 Å². The molecule has 1 aromatic rings. The second-order valence-corrected chi connectivity index (χ2v) is 6.83. The van der Waals surface area contributed by atoms with E-state index in [0.29, 0.717) is 6.04 Å². The number of hydrogen-bond donors (Lipinski definition) is 0. The maximum Gasteiger partial charge on any atom is 0.256 e. The molecule has 2 saturated heterocycles. The molecule has 0 bridgehead atoms. The molecule has 2 aliphatic rings. The first-order valence-corrected chi connectivity index (χ1v) is 8.43. The summed E-state index contributed by atoms with van der Waals surface area (Å²) in [7, 11) is 0. The number of piperidine rings is 1. The van der Waals surface area contributed by atoms with Crippen molar-refractivity contribution in [2.75, 3.05) is 26.2 Å². The van der Waals surface area contributed by atoms with Gasteiger partial charge in [-0.15, -0.1) is 0 Å². The summed E-state index contributed by atoms with van der Waals surface area (Å²) in [6.45, 7) is 3.73. The summed E-state index contributed by atoms with van der Waals surface area (Å²) in [5.74, 6) is -0.621. The molecule has 1 unspecified atom stereocenters. The molecule has 114 valence electrons. The summed E-state index contributed by atoms with van der Waals surface area (Å²) in [5, 5.41) is 0. The van der Waals surface area contributed by atoms with Crippen molar-refractivity contribution in [1.29, 1.82) is 0 Å². The molecule has 3 nitrogen and oxygen atoms in total. The van der Waals surface area contributed by atoms with Gasteiger partial charge >= 0.3 is 0 Å². The van der Waals surface area contributed by atoms with Crippen LogP contribution in [0.4, 0.5) is 4.39 Å². The zero-order chi connectivity index (χ0) is 14.8. The molecule has 5 heteroatoms. The molecule has 2 fully saturated rings. The van der Waals surface area contributed by atoms with E-state index in [9.17, 15) is 9.18 Å². The molecule has 2 heterocycles. The van der Waals surface area contributed by atoms with Crippen molar-refractivity contribution < 1.29 is 9.18 Å². The Bertz CT molecular complexity index is 531. The SMILES string of the molecule is O=C(c1cc(Br)ccc1F)N1CCCC(N2CCCC2)C1. The van der Waals surface area contributed by atoms with Gasteiger partial charge in [-0.25, -0.2) is 4.39 Å². The van der Waals surface area contributed by atoms with E-state index in [0.717, 1.165) is 43.5 Å². The molecule has 0 spiro atoms. The van der Waals surface area contributed by atoms with Gasteiger partial charge in [-0.3, -0.25) is 9.69 Å². The number of amides is 1. The van der Waals surface area contributed by atoms with Crippen molar-refractivity contribution in [2.45, 2.75) is 31.7 Å². The minimum Gasteiger partial charge on any atom is -0.337 e. The lowest BCUT2D eigenvalue weighted by atomic mass is 10.0. The monoisotopic (exact) mass is 354 g/mol. The lowest BCUT2D eigenvalue weighted by Crippen LogP contribution is -2.49. The third-order valence-corrected chi connectivity index (χ3v) is 4.99. The third kappa shape index (κ3) is 3.29. The Morgan fingerprint density at radius 3 is 2.71 bits per heavy atom. The van der Waals surface area contributed by atoms with Crippen molar-refractivity contribution in [3.8, 4) is 0 Å². The van der Waals surface area contributed by atoms with Crippen LogP contribution >= 0.6 is 15.9 Å². The van der Waals surface area contributed by atoms with Gasteiger partial charge in [-0.2, -0.15) is 0 Å². The van der Waals surface area contributed by atoms with E-state index in [4.69, 9.17) is 0 Å². The Hall–Kier alpha value is -0.940. The number of nitrogens with zero attached hydrogens (tertiary/aromatic N) is 2. The topological polar surface area (TPSA) is 23.6 Å². The van der Waals surface area contributed by atoms with Crippen LogP contribution in [-0.2, 0) is 0 Å². The minimum atomic E-state index is -0.438. The molecule has 0 aliphatic carbocycles. The summed E-state index contributed by atoms with van der Waals surface area (Å²) >= 11 is 3.31. The molecular formula is C16H20BrFN2O. The van der Waals surface area contributed by atoms with Gasteiger partial charge in [0.1, 0.15) is 5.82 Å². The van der Waals surface area contributed by atoms with Crippen LogP contribution in [0.1, 0.15) is 36.0 Å². The van der Waals surface area contributed by atoms with Crippen LogP contribution in [0, 0.1) is 5.82 Å². The Morgan fingerprint density at radius 1 is 1.19 bits per heavy atom. The number of benzene rings is 1. The van der Waals surface area contributed by atoms with E-state index >= 15 is 0 Å². The van der Waals surface area contributed by atoms with Gasteiger partial charge < -0.3 is 4.90 Å². The first-order valence-electron chi connectivity index (χ1n) is 7.63. The first-order chi connectivity index (χ1) is 10.1. The summed E-state index contributed by atoms with van der Waals surface area (Å²) in [5.41, 5.74) is 0.173. The normalized spacial score (nSPS) is 23.5. The fraction of sp³-hybridized carbons (Fsp3) is 0.562. The van der Waals surface area contributed by atoms with Crippen molar-refractivity contribution in [2.24, 2.45) is 0 Å². The van der Waals surface area contributed by atoms with Crippen molar-refractivity contribution in [1.82, 2.24) is 9.80 Å². The average molecular weight is 355 g/mol. The zero-order valence-corrected chi connectivity index (χ0v) is 13.6. The van der Waals surface area contributed by atoms with Crippen LogP contribution in [0.25, 0.3) is 0 Å². The molecule has 1 aromatic carbocycles. The van der Waals surface area contributed by atoms with Crippen molar-refractivity contribution >= 4 is 21.8 Å². The molecule has 3 rings (SSSR count). The van der Waals surface area contributed by atoms with Gasteiger partial charge in [-0.1, -0.05) is 15.9 Å². The highest BCUT2D eigenvalue weighted by Gasteiger charge is 2.30. The summed E-state index contributed by atoms with van der Waals surface area (Å²) in [6.07, 6.45) is 4.66. The molecule has 1 amide bonds.